The fourth-order valence-electron chi connectivity index (χ4n) is 2.30. The number of benzene rings is 1. The number of carbonyl (C=O) groups excluding carboxylic acids is 2. The van der Waals surface area contributed by atoms with Crippen LogP contribution in [0.2, 0.25) is 0 Å². The van der Waals surface area contributed by atoms with Gasteiger partial charge in [-0.3, -0.25) is 9.59 Å². The van der Waals surface area contributed by atoms with Gasteiger partial charge in [-0.2, -0.15) is 0 Å². The maximum absolute atomic E-state index is 11.8. The van der Waals surface area contributed by atoms with Crippen LogP contribution in [0.25, 0.3) is 0 Å². The predicted molar refractivity (Wildman–Crippen MR) is 96.0 cm³/mol. The van der Waals surface area contributed by atoms with Crippen LogP contribution in [0.1, 0.15) is 38.4 Å². The third-order valence-corrected chi connectivity index (χ3v) is 4.44. The molecular formula is C18H20N2O4S. The van der Waals surface area contributed by atoms with Crippen molar-refractivity contribution in [3.63, 3.8) is 0 Å². The molecule has 0 atom stereocenters. The first-order valence-electron chi connectivity index (χ1n) is 7.97. The molecule has 3 N–H and O–H groups in total. The number of carboxylic acids is 1. The topological polar surface area (TPSA) is 95.5 Å². The molecule has 1 aromatic heterocycles. The number of hydrogen-bond acceptors (Lipinski definition) is 4. The van der Waals surface area contributed by atoms with Crippen molar-refractivity contribution in [2.45, 2.75) is 19.3 Å². The zero-order valence-electron chi connectivity index (χ0n) is 13.7. The van der Waals surface area contributed by atoms with E-state index in [0.717, 1.165) is 0 Å². The van der Waals surface area contributed by atoms with Gasteiger partial charge in [0.05, 0.1) is 10.4 Å². The van der Waals surface area contributed by atoms with Crippen LogP contribution in [0, 0.1) is 0 Å². The van der Waals surface area contributed by atoms with Gasteiger partial charge in [0, 0.05) is 19.5 Å². The highest BCUT2D eigenvalue weighted by molar-refractivity contribution is 7.12. The zero-order chi connectivity index (χ0) is 18.1. The molecule has 0 fully saturated rings. The molecule has 0 spiro atoms. The number of thiophene rings is 1. The molecule has 132 valence electrons. The summed E-state index contributed by atoms with van der Waals surface area (Å²) < 4.78 is 0. The number of carboxylic acid groups (broad SMARTS) is 1. The minimum atomic E-state index is -0.988. The Morgan fingerprint density at radius 3 is 2.48 bits per heavy atom. The van der Waals surface area contributed by atoms with Gasteiger partial charge >= 0.3 is 5.97 Å². The maximum Gasteiger partial charge on any atom is 0.335 e. The van der Waals surface area contributed by atoms with Crippen LogP contribution in [0.3, 0.4) is 0 Å². The standard InChI is InChI=1S/C18H20N2O4S/c21-16(9-8-13-5-1-2-6-14(13)18(23)24)19-10-4-11-20-17(22)15-7-3-12-25-15/h1-3,5-7,12H,4,8-11H2,(H,19,21)(H,20,22)(H,23,24). The van der Waals surface area contributed by atoms with Gasteiger partial charge < -0.3 is 15.7 Å². The van der Waals surface area contributed by atoms with Crippen molar-refractivity contribution in [1.82, 2.24) is 10.6 Å². The average molecular weight is 360 g/mol. The summed E-state index contributed by atoms with van der Waals surface area (Å²) in [6.45, 7) is 0.947. The molecule has 0 saturated carbocycles. The summed E-state index contributed by atoms with van der Waals surface area (Å²) in [4.78, 5) is 35.3. The molecule has 25 heavy (non-hydrogen) atoms. The predicted octanol–water partition coefficient (Wildman–Crippen LogP) is 2.32. The van der Waals surface area contributed by atoms with E-state index in [9.17, 15) is 14.4 Å². The third-order valence-electron chi connectivity index (χ3n) is 3.58. The van der Waals surface area contributed by atoms with Gasteiger partial charge in [-0.15, -0.1) is 11.3 Å². The van der Waals surface area contributed by atoms with Crippen LogP contribution >= 0.6 is 11.3 Å². The first kappa shape index (κ1) is 18.7. The fraction of sp³-hybridized carbons (Fsp3) is 0.278. The Morgan fingerprint density at radius 1 is 1.00 bits per heavy atom. The highest BCUT2D eigenvalue weighted by Gasteiger charge is 2.10. The van der Waals surface area contributed by atoms with Gasteiger partial charge in [-0.05, 0) is 35.9 Å². The van der Waals surface area contributed by atoms with E-state index in [1.807, 2.05) is 11.4 Å². The Kier molecular flexibility index (Phi) is 7.16. The molecule has 0 aliphatic carbocycles. The van der Waals surface area contributed by atoms with Crippen LogP contribution in [0.4, 0.5) is 0 Å². The second-order valence-corrected chi connectivity index (χ2v) is 6.35. The molecule has 6 nitrogen and oxygen atoms in total. The normalized spacial score (nSPS) is 10.2. The molecular weight excluding hydrogens is 340 g/mol. The number of hydrogen-bond donors (Lipinski definition) is 3. The monoisotopic (exact) mass is 360 g/mol. The summed E-state index contributed by atoms with van der Waals surface area (Å²) in [6, 6.07) is 10.3. The van der Waals surface area contributed by atoms with E-state index in [0.29, 0.717) is 36.4 Å². The van der Waals surface area contributed by atoms with Crippen LogP contribution in [0.15, 0.2) is 41.8 Å². The largest absolute Gasteiger partial charge is 0.478 e. The summed E-state index contributed by atoms with van der Waals surface area (Å²) in [5.74, 6) is -1.23. The molecule has 2 aromatic rings. The zero-order valence-corrected chi connectivity index (χ0v) is 14.5. The van der Waals surface area contributed by atoms with Crippen molar-refractivity contribution in [3.8, 4) is 0 Å². The number of nitrogens with one attached hydrogen (secondary N) is 2. The van der Waals surface area contributed by atoms with E-state index >= 15 is 0 Å². The van der Waals surface area contributed by atoms with Crippen molar-refractivity contribution in [3.05, 3.63) is 57.8 Å². The lowest BCUT2D eigenvalue weighted by atomic mass is 10.0. The number of carbonyl (C=O) groups is 3. The summed E-state index contributed by atoms with van der Waals surface area (Å²) in [5.41, 5.74) is 0.875. The minimum absolute atomic E-state index is 0.105. The minimum Gasteiger partial charge on any atom is -0.478 e. The van der Waals surface area contributed by atoms with Crippen LogP contribution in [-0.4, -0.2) is 36.0 Å². The lowest BCUT2D eigenvalue weighted by Gasteiger charge is -2.08. The van der Waals surface area contributed by atoms with E-state index in [1.54, 1.807) is 24.3 Å². The first-order chi connectivity index (χ1) is 12.1. The van der Waals surface area contributed by atoms with Gasteiger partial charge in [0.25, 0.3) is 5.91 Å². The average Bonchev–Trinajstić information content (AvgIpc) is 3.14. The van der Waals surface area contributed by atoms with Crippen LogP contribution in [-0.2, 0) is 11.2 Å². The smallest absolute Gasteiger partial charge is 0.335 e. The maximum atomic E-state index is 11.8. The van der Waals surface area contributed by atoms with E-state index in [2.05, 4.69) is 10.6 Å². The molecule has 0 unspecified atom stereocenters. The van der Waals surface area contributed by atoms with Crippen molar-refractivity contribution in [2.24, 2.45) is 0 Å². The van der Waals surface area contributed by atoms with Crippen molar-refractivity contribution >= 4 is 29.1 Å². The molecule has 0 saturated heterocycles. The molecule has 0 aliphatic rings. The number of aromatic carboxylic acids is 1. The number of amides is 2. The van der Waals surface area contributed by atoms with Crippen LogP contribution < -0.4 is 10.6 Å². The molecule has 1 heterocycles. The summed E-state index contributed by atoms with van der Waals surface area (Å²) in [7, 11) is 0. The Labute approximate surface area is 149 Å². The lowest BCUT2D eigenvalue weighted by Crippen LogP contribution is -2.29. The van der Waals surface area contributed by atoms with Gasteiger partial charge in [0.1, 0.15) is 0 Å². The van der Waals surface area contributed by atoms with Crippen LogP contribution in [0.5, 0.6) is 0 Å². The quantitative estimate of drug-likeness (QED) is 0.598. The summed E-state index contributed by atoms with van der Waals surface area (Å²) in [6.07, 6.45) is 1.24. The summed E-state index contributed by atoms with van der Waals surface area (Å²) >= 11 is 1.38. The third kappa shape index (κ3) is 6.04. The second kappa shape index (κ2) is 9.58. The SMILES string of the molecule is O=C(CCc1ccccc1C(=O)O)NCCCNC(=O)c1cccs1. The Morgan fingerprint density at radius 2 is 1.76 bits per heavy atom. The highest BCUT2D eigenvalue weighted by atomic mass is 32.1. The van der Waals surface area contributed by atoms with E-state index in [4.69, 9.17) is 5.11 Å². The molecule has 0 aliphatic heterocycles. The van der Waals surface area contributed by atoms with Gasteiger partial charge in [-0.25, -0.2) is 4.79 Å². The molecule has 1 aromatic carbocycles. The van der Waals surface area contributed by atoms with Crippen molar-refractivity contribution in [2.75, 3.05) is 13.1 Å². The number of aryl methyl sites for hydroxylation is 1. The van der Waals surface area contributed by atoms with E-state index in [1.165, 1.54) is 17.4 Å². The highest BCUT2D eigenvalue weighted by Crippen LogP contribution is 2.11. The molecule has 2 rings (SSSR count). The first-order valence-corrected chi connectivity index (χ1v) is 8.85. The molecule has 0 radical (unpaired) electrons. The van der Waals surface area contributed by atoms with E-state index < -0.39 is 5.97 Å². The molecule has 0 bridgehead atoms. The number of rotatable bonds is 9. The summed E-state index contributed by atoms with van der Waals surface area (Å²) in [5, 5.41) is 16.5. The van der Waals surface area contributed by atoms with E-state index in [-0.39, 0.29) is 23.8 Å². The molecule has 2 amide bonds. The Bertz CT molecular complexity index is 728. The molecule has 7 heteroatoms. The Hall–Kier alpha value is -2.67. The Balaban J connectivity index is 1.63. The fourth-order valence-corrected chi connectivity index (χ4v) is 2.94. The second-order valence-electron chi connectivity index (χ2n) is 5.40. The van der Waals surface area contributed by atoms with Gasteiger partial charge in [0.15, 0.2) is 0 Å². The lowest BCUT2D eigenvalue weighted by molar-refractivity contribution is -0.121. The van der Waals surface area contributed by atoms with Gasteiger partial charge in [-0.1, -0.05) is 24.3 Å². The van der Waals surface area contributed by atoms with Crippen molar-refractivity contribution in [1.29, 1.82) is 0 Å². The van der Waals surface area contributed by atoms with Crippen molar-refractivity contribution < 1.29 is 19.5 Å². The van der Waals surface area contributed by atoms with Gasteiger partial charge in [0.2, 0.25) is 5.91 Å².